The van der Waals surface area contributed by atoms with Crippen LogP contribution in [0.1, 0.15) is 33.1 Å². The molecule has 0 fully saturated rings. The first kappa shape index (κ1) is 46.1. The third kappa shape index (κ3) is 22.8. The molecule has 1 heterocycles. The molecule has 52 heavy (non-hydrogen) atoms. The molecule has 0 saturated carbocycles. The SMILES string of the molecule is [B]C(=O)CNC(=O)[C@H](CCCNC(N)=O)NC(=O)C(NC(=O)CCOCCOCCOCCOCCOCCOCCN1C(=O)C=CC1=O)C(C)C. The molecule has 1 aliphatic rings. The number of imide groups is 1. The third-order valence-corrected chi connectivity index (χ3v) is 7.00. The molecule has 0 aromatic heterocycles. The van der Waals surface area contributed by atoms with Gasteiger partial charge in [0.15, 0.2) is 7.85 Å². The molecule has 2 atom stereocenters. The number of urea groups is 1. The van der Waals surface area contributed by atoms with Crippen LogP contribution in [0.5, 0.6) is 0 Å². The number of ether oxygens (including phenoxy) is 6. The molecule has 1 aliphatic heterocycles. The smallest absolute Gasteiger partial charge is 0.312 e. The number of nitrogens with one attached hydrogen (secondary N) is 4. The zero-order valence-electron chi connectivity index (χ0n) is 30.0. The van der Waals surface area contributed by atoms with Crippen molar-refractivity contribution in [1.29, 1.82) is 0 Å². The van der Waals surface area contributed by atoms with Crippen molar-refractivity contribution < 1.29 is 62.0 Å². The zero-order chi connectivity index (χ0) is 38.6. The molecule has 292 valence electrons. The second kappa shape index (κ2) is 28.6. The lowest BCUT2D eigenvalue weighted by atomic mass is 10.0. The standard InChI is InChI=1S/C32H53BN6O13/c1-23(2)29(31(45)37-24(4-3-8-35-32(34)46)30(44)36-22-25(33)40)38-26(41)7-10-47-12-14-49-16-18-51-20-21-52-19-17-50-15-13-48-11-9-39-27(42)5-6-28(39)43/h5-6,23-24,29H,3-4,7-22H2,1-2H3,(H,36,44)(H,37,45)(H,38,41)(H3,34,35,46)/t24-,29?/m0/s1. The van der Waals surface area contributed by atoms with Crippen molar-refractivity contribution in [3.63, 3.8) is 0 Å². The summed E-state index contributed by atoms with van der Waals surface area (Å²) in [6.45, 7) is 7.25. The first-order chi connectivity index (χ1) is 24.9. The maximum absolute atomic E-state index is 13.0. The largest absolute Gasteiger partial charge is 0.379 e. The van der Waals surface area contributed by atoms with Crippen molar-refractivity contribution in [2.75, 3.05) is 98.9 Å². The van der Waals surface area contributed by atoms with Gasteiger partial charge in [-0.15, -0.1) is 0 Å². The average molecular weight is 741 g/mol. The predicted molar refractivity (Wildman–Crippen MR) is 185 cm³/mol. The van der Waals surface area contributed by atoms with Crippen LogP contribution in [0.4, 0.5) is 4.79 Å². The second-order valence-corrected chi connectivity index (χ2v) is 11.6. The van der Waals surface area contributed by atoms with E-state index in [1.807, 2.05) is 0 Å². The van der Waals surface area contributed by atoms with E-state index in [0.29, 0.717) is 65.9 Å². The summed E-state index contributed by atoms with van der Waals surface area (Å²) in [5, 5.41) is 10.00. The molecule has 0 aromatic carbocycles. The van der Waals surface area contributed by atoms with Gasteiger partial charge in [-0.1, -0.05) is 13.8 Å². The van der Waals surface area contributed by atoms with Crippen LogP contribution in [0.15, 0.2) is 12.2 Å². The van der Waals surface area contributed by atoms with Gasteiger partial charge in [0.25, 0.3) is 11.8 Å². The molecule has 0 saturated heterocycles. The molecule has 6 N–H and O–H groups in total. The monoisotopic (exact) mass is 740 g/mol. The van der Waals surface area contributed by atoms with Gasteiger partial charge >= 0.3 is 6.03 Å². The van der Waals surface area contributed by atoms with Crippen LogP contribution in [-0.2, 0) is 57.2 Å². The highest BCUT2D eigenvalue weighted by molar-refractivity contribution is 6.58. The van der Waals surface area contributed by atoms with Gasteiger partial charge in [-0.3, -0.25) is 28.9 Å². The lowest BCUT2D eigenvalue weighted by molar-refractivity contribution is -0.137. The number of primary amides is 1. The Morgan fingerprint density at radius 2 is 1.19 bits per heavy atom. The Kier molecular flexibility index (Phi) is 25.4. The number of nitrogens with two attached hydrogens (primary N) is 1. The fourth-order valence-electron chi connectivity index (χ4n) is 4.30. The molecular formula is C32H53BN6O13. The predicted octanol–water partition coefficient (Wildman–Crippen LogP) is -2.71. The number of amides is 7. The quantitative estimate of drug-likeness (QED) is 0.0268. The van der Waals surface area contributed by atoms with E-state index in [2.05, 4.69) is 21.3 Å². The van der Waals surface area contributed by atoms with Crippen molar-refractivity contribution in [3.8, 4) is 0 Å². The first-order valence-electron chi connectivity index (χ1n) is 17.1. The molecule has 0 bridgehead atoms. The number of nitrogens with zero attached hydrogens (tertiary/aromatic N) is 1. The second-order valence-electron chi connectivity index (χ2n) is 11.6. The summed E-state index contributed by atoms with van der Waals surface area (Å²) in [6, 6.07) is -2.73. The van der Waals surface area contributed by atoms with Crippen LogP contribution in [-0.4, -0.2) is 165 Å². The van der Waals surface area contributed by atoms with E-state index in [1.54, 1.807) is 13.8 Å². The Morgan fingerprint density at radius 1 is 0.712 bits per heavy atom. The van der Waals surface area contributed by atoms with E-state index in [1.165, 1.54) is 12.2 Å². The summed E-state index contributed by atoms with van der Waals surface area (Å²) >= 11 is 0. The number of hydrogen-bond donors (Lipinski definition) is 5. The maximum atomic E-state index is 13.0. The number of carbonyl (C=O) groups is 7. The number of rotatable bonds is 32. The van der Waals surface area contributed by atoms with E-state index in [0.717, 1.165) is 4.90 Å². The van der Waals surface area contributed by atoms with Gasteiger partial charge in [-0.25, -0.2) is 4.79 Å². The van der Waals surface area contributed by atoms with Crippen molar-refractivity contribution in [2.24, 2.45) is 11.7 Å². The van der Waals surface area contributed by atoms with Crippen LogP contribution in [0.3, 0.4) is 0 Å². The highest BCUT2D eigenvalue weighted by Crippen LogP contribution is 2.06. The maximum Gasteiger partial charge on any atom is 0.312 e. The Hall–Kier alpha value is -3.95. The van der Waals surface area contributed by atoms with Crippen molar-refractivity contribution in [2.45, 2.75) is 45.2 Å². The fraction of sp³-hybridized carbons (Fsp3) is 0.719. The van der Waals surface area contributed by atoms with Crippen molar-refractivity contribution >= 4 is 49.1 Å². The van der Waals surface area contributed by atoms with Gasteiger partial charge in [-0.05, 0) is 18.8 Å². The average Bonchev–Trinajstić information content (AvgIpc) is 3.41. The van der Waals surface area contributed by atoms with E-state index in [9.17, 15) is 33.6 Å². The summed E-state index contributed by atoms with van der Waals surface area (Å²) in [4.78, 5) is 84.1. The summed E-state index contributed by atoms with van der Waals surface area (Å²) in [5.74, 6) is -2.64. The Labute approximate surface area is 305 Å². The Bertz CT molecular complexity index is 1140. The van der Waals surface area contributed by atoms with Crippen LogP contribution in [0.2, 0.25) is 0 Å². The minimum atomic E-state index is -1.05. The molecular weight excluding hydrogens is 687 g/mol. The van der Waals surface area contributed by atoms with Gasteiger partial charge in [0.2, 0.25) is 17.7 Å². The summed E-state index contributed by atoms with van der Waals surface area (Å²) < 4.78 is 32.5. The fourth-order valence-corrected chi connectivity index (χ4v) is 4.30. The van der Waals surface area contributed by atoms with Crippen LogP contribution >= 0.6 is 0 Å². The van der Waals surface area contributed by atoms with Gasteiger partial charge in [0, 0.05) is 25.1 Å². The van der Waals surface area contributed by atoms with Crippen LogP contribution < -0.4 is 27.0 Å². The normalized spacial score (nSPS) is 13.6. The molecule has 2 radical (unpaired) electrons. The van der Waals surface area contributed by atoms with Crippen LogP contribution in [0, 0.1) is 5.92 Å². The number of hydrogen-bond acceptors (Lipinski definition) is 13. The van der Waals surface area contributed by atoms with Gasteiger partial charge in [0.1, 0.15) is 12.1 Å². The molecule has 19 nitrogen and oxygen atoms in total. The molecule has 0 spiro atoms. The summed E-state index contributed by atoms with van der Waals surface area (Å²) in [7, 11) is 5.09. The van der Waals surface area contributed by atoms with E-state index < -0.39 is 48.1 Å². The zero-order valence-corrected chi connectivity index (χ0v) is 30.0. The minimum absolute atomic E-state index is 0.0109. The van der Waals surface area contributed by atoms with Crippen molar-refractivity contribution in [1.82, 2.24) is 26.2 Å². The topological polar surface area (TPSA) is 252 Å². The number of carbonyl (C=O) groups excluding carboxylic acids is 7. The van der Waals surface area contributed by atoms with Gasteiger partial charge < -0.3 is 60.2 Å². The minimum Gasteiger partial charge on any atom is -0.379 e. The van der Waals surface area contributed by atoms with Crippen LogP contribution in [0.25, 0.3) is 0 Å². The van der Waals surface area contributed by atoms with Gasteiger partial charge in [0.05, 0.1) is 98.1 Å². The molecule has 1 rings (SSSR count). The van der Waals surface area contributed by atoms with Gasteiger partial charge in [-0.2, -0.15) is 0 Å². The Balaban J connectivity index is 2.08. The molecule has 0 aliphatic carbocycles. The third-order valence-electron chi connectivity index (χ3n) is 7.00. The molecule has 20 heteroatoms. The highest BCUT2D eigenvalue weighted by atomic mass is 16.6. The summed E-state index contributed by atoms with van der Waals surface area (Å²) in [6.07, 6.45) is 2.88. The highest BCUT2D eigenvalue weighted by Gasteiger charge is 2.29. The molecule has 1 unspecified atom stereocenters. The Morgan fingerprint density at radius 3 is 1.65 bits per heavy atom. The van der Waals surface area contributed by atoms with E-state index in [4.69, 9.17) is 42.0 Å². The lowest BCUT2D eigenvalue weighted by Crippen LogP contribution is -2.55. The molecule has 7 amide bonds. The lowest BCUT2D eigenvalue weighted by Gasteiger charge is -2.25. The van der Waals surface area contributed by atoms with E-state index >= 15 is 0 Å². The molecule has 0 aromatic rings. The van der Waals surface area contributed by atoms with E-state index in [-0.39, 0.29) is 63.5 Å². The first-order valence-corrected chi connectivity index (χ1v) is 17.1. The van der Waals surface area contributed by atoms with Crippen molar-refractivity contribution in [3.05, 3.63) is 12.2 Å². The summed E-state index contributed by atoms with van der Waals surface area (Å²) in [5.41, 5.74) is 4.29.